The molecule has 4 nitrogen and oxygen atoms in total. The number of hydrogen-bond acceptors (Lipinski definition) is 4. The Kier molecular flexibility index (Phi) is 2.35. The Morgan fingerprint density at radius 1 is 1.54 bits per heavy atom. The van der Waals surface area contributed by atoms with Crippen molar-refractivity contribution in [3.8, 4) is 6.01 Å². The van der Waals surface area contributed by atoms with E-state index in [9.17, 15) is 0 Å². The van der Waals surface area contributed by atoms with Crippen LogP contribution in [0.25, 0.3) is 0 Å². The van der Waals surface area contributed by atoms with Gasteiger partial charge in [-0.3, -0.25) is 0 Å². The van der Waals surface area contributed by atoms with Gasteiger partial charge in [0.1, 0.15) is 10.4 Å². The van der Waals surface area contributed by atoms with Gasteiger partial charge in [0, 0.05) is 6.07 Å². The molecule has 1 aromatic rings. The summed E-state index contributed by atoms with van der Waals surface area (Å²) >= 11 is 3.22. The first kappa shape index (κ1) is 8.74. The highest BCUT2D eigenvalue weighted by molar-refractivity contribution is 9.10. The molecule has 13 heavy (non-hydrogen) atoms. The largest absolute Gasteiger partial charge is 0.463 e. The van der Waals surface area contributed by atoms with Gasteiger partial charge in [-0.15, -0.1) is 0 Å². The fourth-order valence-electron chi connectivity index (χ4n) is 0.955. The molecule has 1 aromatic heterocycles. The molecular weight excluding hydrogens is 234 g/mol. The van der Waals surface area contributed by atoms with Crippen LogP contribution >= 0.6 is 15.9 Å². The Morgan fingerprint density at radius 3 is 2.92 bits per heavy atom. The number of nitrogen functional groups attached to an aromatic ring is 1. The molecule has 0 spiro atoms. The van der Waals surface area contributed by atoms with Crippen LogP contribution in [0.3, 0.4) is 0 Å². The van der Waals surface area contributed by atoms with Crippen LogP contribution in [-0.2, 0) is 0 Å². The minimum absolute atomic E-state index is 0.360. The fourth-order valence-corrected chi connectivity index (χ4v) is 1.34. The van der Waals surface area contributed by atoms with E-state index in [1.807, 2.05) is 0 Å². The molecule has 0 unspecified atom stereocenters. The van der Waals surface area contributed by atoms with Crippen molar-refractivity contribution in [1.82, 2.24) is 9.97 Å². The van der Waals surface area contributed by atoms with Crippen molar-refractivity contribution in [2.24, 2.45) is 5.92 Å². The van der Waals surface area contributed by atoms with Gasteiger partial charge in [0.25, 0.3) is 0 Å². The van der Waals surface area contributed by atoms with Crippen LogP contribution in [0, 0.1) is 5.92 Å². The first-order valence-corrected chi connectivity index (χ1v) is 4.96. The highest BCUT2D eigenvalue weighted by Gasteiger charge is 2.22. The average molecular weight is 244 g/mol. The zero-order valence-electron chi connectivity index (χ0n) is 7.03. The summed E-state index contributed by atoms with van der Waals surface area (Å²) in [5.74, 6) is 1.12. The molecule has 1 saturated carbocycles. The normalized spacial score (nSPS) is 15.8. The molecule has 0 aliphatic heterocycles. The zero-order valence-corrected chi connectivity index (χ0v) is 8.62. The summed E-state index contributed by atoms with van der Waals surface area (Å²) in [6.45, 7) is 0.704. The molecule has 0 atom stereocenters. The van der Waals surface area contributed by atoms with E-state index < -0.39 is 0 Å². The number of rotatable bonds is 3. The van der Waals surface area contributed by atoms with Crippen molar-refractivity contribution >= 4 is 21.7 Å². The van der Waals surface area contributed by atoms with Crippen LogP contribution in [0.2, 0.25) is 0 Å². The maximum atomic E-state index is 5.52. The van der Waals surface area contributed by atoms with Crippen molar-refractivity contribution in [1.29, 1.82) is 0 Å². The smallest absolute Gasteiger partial charge is 0.319 e. The van der Waals surface area contributed by atoms with Gasteiger partial charge in [0.15, 0.2) is 0 Å². The highest BCUT2D eigenvalue weighted by Crippen LogP contribution is 2.29. The molecule has 70 valence electrons. The van der Waals surface area contributed by atoms with Crippen LogP contribution in [0.15, 0.2) is 10.7 Å². The van der Waals surface area contributed by atoms with Crippen molar-refractivity contribution in [3.05, 3.63) is 10.7 Å². The number of hydrogen-bond donors (Lipinski definition) is 1. The van der Waals surface area contributed by atoms with Gasteiger partial charge in [-0.25, -0.2) is 0 Å². The van der Waals surface area contributed by atoms with Crippen molar-refractivity contribution in [3.63, 3.8) is 0 Å². The first-order chi connectivity index (χ1) is 6.24. The molecule has 1 heterocycles. The standard InChI is InChI=1S/C8H10BrN3O/c9-6-3-7(10)12-8(11-6)13-4-5-1-2-5/h3,5H,1-2,4H2,(H2,10,11,12). The first-order valence-electron chi connectivity index (χ1n) is 4.17. The number of ether oxygens (including phenoxy) is 1. The van der Waals surface area contributed by atoms with Crippen molar-refractivity contribution < 1.29 is 4.74 Å². The Hall–Kier alpha value is -0.840. The lowest BCUT2D eigenvalue weighted by atomic mass is 10.5. The molecule has 1 aliphatic rings. The van der Waals surface area contributed by atoms with Crippen LogP contribution in [-0.4, -0.2) is 16.6 Å². The lowest BCUT2D eigenvalue weighted by molar-refractivity contribution is 0.276. The predicted octanol–water partition coefficient (Wildman–Crippen LogP) is 1.61. The number of nitrogens with zero attached hydrogens (tertiary/aromatic N) is 2. The molecule has 0 bridgehead atoms. The molecule has 2 rings (SSSR count). The third-order valence-electron chi connectivity index (χ3n) is 1.84. The summed E-state index contributed by atoms with van der Waals surface area (Å²) in [4.78, 5) is 7.99. The molecule has 5 heteroatoms. The number of anilines is 1. The van der Waals surface area contributed by atoms with Crippen LogP contribution in [0.5, 0.6) is 6.01 Å². The molecule has 1 aliphatic carbocycles. The highest BCUT2D eigenvalue weighted by atomic mass is 79.9. The lowest BCUT2D eigenvalue weighted by Crippen LogP contribution is -2.04. The Balaban J connectivity index is 2.01. The summed E-state index contributed by atoms with van der Waals surface area (Å²) in [6.07, 6.45) is 2.51. The van der Waals surface area contributed by atoms with Crippen LogP contribution in [0.1, 0.15) is 12.8 Å². The summed E-state index contributed by atoms with van der Waals surface area (Å²) in [5.41, 5.74) is 5.52. The van der Waals surface area contributed by atoms with E-state index in [4.69, 9.17) is 10.5 Å². The minimum atomic E-state index is 0.360. The second-order valence-corrected chi connectivity index (χ2v) is 3.96. The maximum Gasteiger partial charge on any atom is 0.319 e. The van der Waals surface area contributed by atoms with Gasteiger partial charge in [-0.1, -0.05) is 0 Å². The molecular formula is C8H10BrN3O. The third-order valence-corrected chi connectivity index (χ3v) is 2.25. The van der Waals surface area contributed by atoms with E-state index in [0.29, 0.717) is 29.0 Å². The van der Waals surface area contributed by atoms with Crippen molar-refractivity contribution in [2.45, 2.75) is 12.8 Å². The maximum absolute atomic E-state index is 5.52. The summed E-state index contributed by atoms with van der Waals surface area (Å²) < 4.78 is 6.02. The van der Waals surface area contributed by atoms with E-state index in [1.165, 1.54) is 12.8 Å². The predicted molar refractivity (Wildman–Crippen MR) is 52.4 cm³/mol. The molecule has 0 saturated heterocycles. The third kappa shape index (κ3) is 2.55. The van der Waals surface area contributed by atoms with E-state index in [-0.39, 0.29) is 0 Å². The average Bonchev–Trinajstić information content (AvgIpc) is 2.81. The molecule has 1 fully saturated rings. The van der Waals surface area contributed by atoms with Gasteiger partial charge < -0.3 is 10.5 Å². The topological polar surface area (TPSA) is 61.0 Å². The molecule has 0 radical (unpaired) electrons. The van der Waals surface area contributed by atoms with Gasteiger partial charge in [0.05, 0.1) is 6.61 Å². The second kappa shape index (κ2) is 3.49. The van der Waals surface area contributed by atoms with E-state index in [0.717, 1.165) is 0 Å². The Labute approximate surface area is 84.6 Å². The summed E-state index contributed by atoms with van der Waals surface area (Å²) in [6, 6.07) is 2.00. The van der Waals surface area contributed by atoms with E-state index in [2.05, 4.69) is 25.9 Å². The number of aromatic nitrogens is 2. The minimum Gasteiger partial charge on any atom is -0.463 e. The number of nitrogens with two attached hydrogens (primary N) is 1. The zero-order chi connectivity index (χ0) is 9.26. The monoisotopic (exact) mass is 243 g/mol. The molecule has 0 amide bonds. The Bertz CT molecular complexity index is 294. The lowest BCUT2D eigenvalue weighted by Gasteiger charge is -2.03. The summed E-state index contributed by atoms with van der Waals surface area (Å²) in [5, 5.41) is 0. The number of halogens is 1. The van der Waals surface area contributed by atoms with Crippen LogP contribution < -0.4 is 10.5 Å². The van der Waals surface area contributed by atoms with Gasteiger partial charge in [-0.05, 0) is 34.7 Å². The van der Waals surface area contributed by atoms with E-state index in [1.54, 1.807) is 6.07 Å². The van der Waals surface area contributed by atoms with E-state index >= 15 is 0 Å². The van der Waals surface area contributed by atoms with Crippen molar-refractivity contribution in [2.75, 3.05) is 12.3 Å². The molecule has 2 N–H and O–H groups in total. The van der Waals surface area contributed by atoms with Gasteiger partial charge in [0.2, 0.25) is 0 Å². The Morgan fingerprint density at radius 2 is 2.31 bits per heavy atom. The SMILES string of the molecule is Nc1cc(Br)nc(OCC2CC2)n1. The van der Waals surface area contributed by atoms with Gasteiger partial charge in [-0.2, -0.15) is 9.97 Å². The summed E-state index contributed by atoms with van der Waals surface area (Å²) in [7, 11) is 0. The second-order valence-electron chi connectivity index (χ2n) is 3.15. The molecule has 0 aromatic carbocycles. The quantitative estimate of drug-likeness (QED) is 0.820. The fraction of sp³-hybridized carbons (Fsp3) is 0.500. The van der Waals surface area contributed by atoms with Crippen LogP contribution in [0.4, 0.5) is 5.82 Å². The van der Waals surface area contributed by atoms with Gasteiger partial charge >= 0.3 is 6.01 Å².